The normalized spacial score (nSPS) is 17.5. The van der Waals surface area contributed by atoms with E-state index in [-0.39, 0.29) is 18.3 Å². The van der Waals surface area contributed by atoms with E-state index in [0.29, 0.717) is 12.5 Å². The molecule has 4 nitrogen and oxygen atoms in total. The summed E-state index contributed by atoms with van der Waals surface area (Å²) in [6.07, 6.45) is 4.37. The van der Waals surface area contributed by atoms with E-state index >= 15 is 0 Å². The molecule has 1 atom stereocenters. The van der Waals surface area contributed by atoms with Crippen molar-refractivity contribution in [3.63, 3.8) is 0 Å². The molecule has 5 heteroatoms. The highest BCUT2D eigenvalue weighted by Crippen LogP contribution is 2.27. The first-order valence-corrected chi connectivity index (χ1v) is 8.02. The largest absolute Gasteiger partial charge is 0.464 e. The number of rotatable bonds is 4. The van der Waals surface area contributed by atoms with Crippen molar-refractivity contribution >= 4 is 29.3 Å². The van der Waals surface area contributed by atoms with E-state index < -0.39 is 0 Å². The van der Waals surface area contributed by atoms with Gasteiger partial charge in [-0.2, -0.15) is 0 Å². The third kappa shape index (κ3) is 3.38. The van der Waals surface area contributed by atoms with Crippen molar-refractivity contribution in [2.75, 3.05) is 20.1 Å². The number of likely N-dealkylation sites (tertiary alicyclic amines) is 1. The van der Waals surface area contributed by atoms with E-state index in [9.17, 15) is 4.79 Å². The summed E-state index contributed by atoms with van der Waals surface area (Å²) in [4.78, 5) is 14.7. The number of nitrogens with zero attached hydrogens (tertiary/aromatic N) is 1. The zero-order chi connectivity index (χ0) is 15.7. The Morgan fingerprint density at radius 2 is 2.17 bits per heavy atom. The molecule has 1 unspecified atom stereocenters. The predicted molar refractivity (Wildman–Crippen MR) is 95.3 cm³/mol. The lowest BCUT2D eigenvalue weighted by Crippen LogP contribution is -2.41. The fourth-order valence-electron chi connectivity index (χ4n) is 3.40. The van der Waals surface area contributed by atoms with Gasteiger partial charge in [0.2, 0.25) is 5.91 Å². The standard InChI is InChI=1S/C18H24N2O2.ClH/c1-12-6-7-16-14(11-22-18(16)13(12)2)9-17(21)20-8-4-5-15(20)10-19-3;/h6-7,11,15,19H,4-5,8-10H2,1-3H3;1H. The number of amides is 1. The molecule has 1 fully saturated rings. The smallest absolute Gasteiger partial charge is 0.227 e. The van der Waals surface area contributed by atoms with Gasteiger partial charge in [-0.05, 0) is 44.9 Å². The second-order valence-corrected chi connectivity index (χ2v) is 6.26. The van der Waals surface area contributed by atoms with Crippen molar-refractivity contribution in [1.29, 1.82) is 0 Å². The van der Waals surface area contributed by atoms with Crippen molar-refractivity contribution in [3.05, 3.63) is 35.1 Å². The number of likely N-dealkylation sites (N-methyl/N-ethyl adjacent to an activating group) is 1. The number of fused-ring (bicyclic) bond motifs is 1. The molecule has 1 saturated heterocycles. The van der Waals surface area contributed by atoms with Crippen LogP contribution in [-0.4, -0.2) is 37.0 Å². The van der Waals surface area contributed by atoms with Gasteiger partial charge < -0.3 is 14.6 Å². The van der Waals surface area contributed by atoms with Crippen LogP contribution in [0.5, 0.6) is 0 Å². The van der Waals surface area contributed by atoms with Crippen LogP contribution in [0.1, 0.15) is 29.5 Å². The van der Waals surface area contributed by atoms with E-state index in [4.69, 9.17) is 4.42 Å². The van der Waals surface area contributed by atoms with Crippen LogP contribution in [0.2, 0.25) is 0 Å². The van der Waals surface area contributed by atoms with E-state index in [1.54, 1.807) is 6.26 Å². The van der Waals surface area contributed by atoms with Crippen LogP contribution in [0.3, 0.4) is 0 Å². The molecule has 2 heterocycles. The van der Waals surface area contributed by atoms with Gasteiger partial charge in [-0.3, -0.25) is 4.79 Å². The number of aryl methyl sites for hydroxylation is 2. The number of hydrogen-bond donors (Lipinski definition) is 1. The third-order valence-electron chi connectivity index (χ3n) is 4.82. The summed E-state index contributed by atoms with van der Waals surface area (Å²) in [7, 11) is 1.94. The Kier molecular flexibility index (Phi) is 5.71. The van der Waals surface area contributed by atoms with Crippen LogP contribution in [0.25, 0.3) is 11.0 Å². The summed E-state index contributed by atoms with van der Waals surface area (Å²) >= 11 is 0. The summed E-state index contributed by atoms with van der Waals surface area (Å²) in [5.74, 6) is 0.207. The molecule has 0 saturated carbocycles. The summed E-state index contributed by atoms with van der Waals surface area (Å²) < 4.78 is 5.72. The molecule has 1 aliphatic heterocycles. The first-order chi connectivity index (χ1) is 10.6. The first kappa shape index (κ1) is 17.8. The van der Waals surface area contributed by atoms with E-state index in [1.807, 2.05) is 11.9 Å². The molecule has 1 amide bonds. The predicted octanol–water partition coefficient (Wildman–Crippen LogP) is 3.22. The van der Waals surface area contributed by atoms with Gasteiger partial charge in [0.15, 0.2) is 0 Å². The van der Waals surface area contributed by atoms with Gasteiger partial charge in [0.1, 0.15) is 5.58 Å². The molecule has 1 aliphatic rings. The molecular formula is C18H25ClN2O2. The molecule has 0 radical (unpaired) electrons. The highest BCUT2D eigenvalue weighted by molar-refractivity contribution is 5.89. The second kappa shape index (κ2) is 7.37. The number of hydrogen-bond acceptors (Lipinski definition) is 3. The Labute approximate surface area is 143 Å². The van der Waals surface area contributed by atoms with E-state index in [0.717, 1.165) is 48.0 Å². The van der Waals surface area contributed by atoms with Gasteiger partial charge in [0.05, 0.1) is 12.7 Å². The zero-order valence-corrected chi connectivity index (χ0v) is 14.8. The van der Waals surface area contributed by atoms with Crippen LogP contribution in [-0.2, 0) is 11.2 Å². The van der Waals surface area contributed by atoms with Crippen LogP contribution in [0.4, 0.5) is 0 Å². The van der Waals surface area contributed by atoms with Crippen molar-refractivity contribution in [2.45, 2.75) is 39.2 Å². The van der Waals surface area contributed by atoms with Gasteiger partial charge in [-0.15, -0.1) is 12.4 Å². The van der Waals surface area contributed by atoms with Gasteiger partial charge in [0, 0.05) is 30.1 Å². The molecule has 1 N–H and O–H groups in total. The Morgan fingerprint density at radius 3 is 2.91 bits per heavy atom. The van der Waals surface area contributed by atoms with Crippen LogP contribution >= 0.6 is 12.4 Å². The number of furan rings is 1. The monoisotopic (exact) mass is 336 g/mol. The molecule has 0 aliphatic carbocycles. The fraction of sp³-hybridized carbons (Fsp3) is 0.500. The van der Waals surface area contributed by atoms with Crippen LogP contribution < -0.4 is 5.32 Å². The molecule has 23 heavy (non-hydrogen) atoms. The lowest BCUT2D eigenvalue weighted by atomic mass is 10.0. The first-order valence-electron chi connectivity index (χ1n) is 8.02. The minimum atomic E-state index is 0. The summed E-state index contributed by atoms with van der Waals surface area (Å²) in [6, 6.07) is 4.50. The van der Waals surface area contributed by atoms with Crippen LogP contribution in [0.15, 0.2) is 22.8 Å². The van der Waals surface area contributed by atoms with Gasteiger partial charge in [0.25, 0.3) is 0 Å². The van der Waals surface area contributed by atoms with E-state index in [2.05, 4.69) is 31.3 Å². The number of halogens is 1. The quantitative estimate of drug-likeness (QED) is 0.932. The lowest BCUT2D eigenvalue weighted by Gasteiger charge is -2.24. The van der Waals surface area contributed by atoms with Crippen molar-refractivity contribution < 1.29 is 9.21 Å². The van der Waals surface area contributed by atoms with Crippen molar-refractivity contribution in [2.24, 2.45) is 0 Å². The molecule has 3 rings (SSSR count). The highest BCUT2D eigenvalue weighted by atomic mass is 35.5. The summed E-state index contributed by atoms with van der Waals surface area (Å²) in [5, 5.41) is 4.25. The molecule has 2 aromatic rings. The third-order valence-corrected chi connectivity index (χ3v) is 4.82. The van der Waals surface area contributed by atoms with Gasteiger partial charge in [-0.25, -0.2) is 0 Å². The Balaban J connectivity index is 0.00000192. The molecule has 1 aromatic heterocycles. The van der Waals surface area contributed by atoms with Crippen molar-refractivity contribution in [1.82, 2.24) is 10.2 Å². The maximum atomic E-state index is 12.6. The second-order valence-electron chi connectivity index (χ2n) is 6.26. The number of carbonyl (C=O) groups is 1. The average Bonchev–Trinajstić information content (AvgIpc) is 3.11. The van der Waals surface area contributed by atoms with Crippen LogP contribution in [0, 0.1) is 13.8 Å². The molecule has 0 bridgehead atoms. The molecule has 1 aromatic carbocycles. The minimum Gasteiger partial charge on any atom is -0.464 e. The summed E-state index contributed by atoms with van der Waals surface area (Å²) in [5.41, 5.74) is 4.29. The molecular weight excluding hydrogens is 312 g/mol. The fourth-order valence-corrected chi connectivity index (χ4v) is 3.40. The average molecular weight is 337 g/mol. The number of carbonyl (C=O) groups excluding carboxylic acids is 1. The number of benzene rings is 1. The van der Waals surface area contributed by atoms with Gasteiger partial charge in [-0.1, -0.05) is 12.1 Å². The number of nitrogens with one attached hydrogen (secondary N) is 1. The SMILES string of the molecule is CNCC1CCCN1C(=O)Cc1coc2c(C)c(C)ccc12.Cl. The zero-order valence-electron chi connectivity index (χ0n) is 14.0. The minimum absolute atomic E-state index is 0. The maximum Gasteiger partial charge on any atom is 0.227 e. The highest BCUT2D eigenvalue weighted by Gasteiger charge is 2.28. The summed E-state index contributed by atoms with van der Waals surface area (Å²) in [6.45, 7) is 5.89. The molecule has 126 valence electrons. The molecule has 0 spiro atoms. The van der Waals surface area contributed by atoms with Crippen molar-refractivity contribution in [3.8, 4) is 0 Å². The topological polar surface area (TPSA) is 45.5 Å². The maximum absolute atomic E-state index is 12.6. The van der Waals surface area contributed by atoms with Gasteiger partial charge >= 0.3 is 0 Å². The lowest BCUT2D eigenvalue weighted by molar-refractivity contribution is -0.131. The Hall–Kier alpha value is -1.52. The Morgan fingerprint density at radius 1 is 1.39 bits per heavy atom. The Bertz CT molecular complexity index is 696. The van der Waals surface area contributed by atoms with E-state index in [1.165, 1.54) is 5.56 Å².